The molecule has 2 aromatic carbocycles. The summed E-state index contributed by atoms with van der Waals surface area (Å²) >= 11 is 0. The minimum absolute atomic E-state index is 0.0465. The summed E-state index contributed by atoms with van der Waals surface area (Å²) in [7, 11) is 0. The van der Waals surface area contributed by atoms with Gasteiger partial charge in [0.05, 0.1) is 18.2 Å². The van der Waals surface area contributed by atoms with Gasteiger partial charge >= 0.3 is 0 Å². The highest BCUT2D eigenvalue weighted by molar-refractivity contribution is 6.51. The number of ether oxygens (including phenoxy) is 1. The number of ketones is 1. The molecule has 4 rings (SSSR count). The van der Waals surface area contributed by atoms with Crippen molar-refractivity contribution in [2.45, 2.75) is 19.9 Å². The molecule has 0 spiro atoms. The zero-order chi connectivity index (χ0) is 24.2. The number of aliphatic hydroxyl groups is 1. The van der Waals surface area contributed by atoms with Crippen LogP contribution in [0, 0.1) is 0 Å². The van der Waals surface area contributed by atoms with Gasteiger partial charge in [-0.05, 0) is 55.0 Å². The van der Waals surface area contributed by atoms with Gasteiger partial charge in [-0.3, -0.25) is 24.3 Å². The minimum Gasteiger partial charge on any atom is -0.507 e. The molecule has 1 saturated heterocycles. The number of pyridine rings is 1. The highest BCUT2D eigenvalue weighted by atomic mass is 16.5. The lowest BCUT2D eigenvalue weighted by Crippen LogP contribution is -2.29. The molecule has 1 atom stereocenters. The quantitative estimate of drug-likeness (QED) is 0.328. The van der Waals surface area contributed by atoms with Crippen LogP contribution >= 0.6 is 0 Å². The van der Waals surface area contributed by atoms with E-state index in [1.165, 1.54) is 11.8 Å². The number of carbonyl (C=O) groups is 3. The molecule has 1 unspecified atom stereocenters. The molecule has 0 radical (unpaired) electrons. The normalized spacial score (nSPS) is 17.0. The van der Waals surface area contributed by atoms with E-state index in [9.17, 15) is 19.5 Å². The predicted octanol–water partition coefficient (Wildman–Crippen LogP) is 4.07. The molecule has 8 nitrogen and oxygen atoms in total. The second-order valence-corrected chi connectivity index (χ2v) is 7.64. The molecule has 3 aromatic rings. The standard InChI is InChI=1S/C26H23N3O5/c1-3-34-21-9-4-6-18(14-21)24(31)22-23(17-10-12-27-13-11-17)29(26(33)25(22)32)20-8-5-7-19(15-20)28-16(2)30/h4-15,23,31H,3H2,1-2H3,(H,28,30)/b24-22+. The Morgan fingerprint density at radius 1 is 1.09 bits per heavy atom. The van der Waals surface area contributed by atoms with E-state index < -0.39 is 17.7 Å². The van der Waals surface area contributed by atoms with E-state index in [0.29, 0.717) is 34.9 Å². The van der Waals surface area contributed by atoms with Crippen molar-refractivity contribution in [3.8, 4) is 5.75 Å². The van der Waals surface area contributed by atoms with Gasteiger partial charge in [-0.2, -0.15) is 0 Å². The van der Waals surface area contributed by atoms with Crippen molar-refractivity contribution in [2.75, 3.05) is 16.8 Å². The van der Waals surface area contributed by atoms with E-state index in [0.717, 1.165) is 0 Å². The summed E-state index contributed by atoms with van der Waals surface area (Å²) in [5.41, 5.74) is 1.79. The summed E-state index contributed by atoms with van der Waals surface area (Å²) in [4.78, 5) is 43.3. The number of anilines is 2. The second-order valence-electron chi connectivity index (χ2n) is 7.64. The maximum absolute atomic E-state index is 13.2. The Kier molecular flexibility index (Phi) is 6.40. The zero-order valence-corrected chi connectivity index (χ0v) is 18.7. The van der Waals surface area contributed by atoms with Gasteiger partial charge in [0.1, 0.15) is 11.5 Å². The summed E-state index contributed by atoms with van der Waals surface area (Å²) in [6, 6.07) is 15.8. The third kappa shape index (κ3) is 4.38. The van der Waals surface area contributed by atoms with Crippen LogP contribution in [0.25, 0.3) is 5.76 Å². The number of carbonyl (C=O) groups excluding carboxylic acids is 3. The van der Waals surface area contributed by atoms with Gasteiger partial charge in [0.15, 0.2) is 0 Å². The summed E-state index contributed by atoms with van der Waals surface area (Å²) in [5, 5.41) is 13.9. The van der Waals surface area contributed by atoms with Gasteiger partial charge in [-0.25, -0.2) is 0 Å². The topological polar surface area (TPSA) is 109 Å². The molecule has 1 aliphatic heterocycles. The summed E-state index contributed by atoms with van der Waals surface area (Å²) < 4.78 is 5.52. The number of benzene rings is 2. The third-order valence-corrected chi connectivity index (χ3v) is 5.33. The molecule has 1 aromatic heterocycles. The molecule has 34 heavy (non-hydrogen) atoms. The Morgan fingerprint density at radius 2 is 1.82 bits per heavy atom. The molecule has 1 fully saturated rings. The summed E-state index contributed by atoms with van der Waals surface area (Å²) in [6.45, 7) is 3.67. The number of nitrogens with one attached hydrogen (secondary N) is 1. The first-order chi connectivity index (χ1) is 16.4. The third-order valence-electron chi connectivity index (χ3n) is 5.33. The van der Waals surface area contributed by atoms with Gasteiger partial charge in [0, 0.05) is 36.3 Å². The van der Waals surface area contributed by atoms with Gasteiger partial charge in [0.25, 0.3) is 11.7 Å². The molecule has 2 heterocycles. The number of amides is 2. The van der Waals surface area contributed by atoms with Gasteiger partial charge in [-0.15, -0.1) is 0 Å². The largest absolute Gasteiger partial charge is 0.507 e. The van der Waals surface area contributed by atoms with E-state index in [1.54, 1.807) is 73.1 Å². The summed E-state index contributed by atoms with van der Waals surface area (Å²) in [6.07, 6.45) is 3.11. The van der Waals surface area contributed by atoms with E-state index >= 15 is 0 Å². The fraction of sp³-hybridized carbons (Fsp3) is 0.154. The van der Waals surface area contributed by atoms with Crippen LogP contribution in [-0.2, 0) is 14.4 Å². The van der Waals surface area contributed by atoms with Crippen LogP contribution in [-0.4, -0.2) is 34.3 Å². The smallest absolute Gasteiger partial charge is 0.300 e. The van der Waals surface area contributed by atoms with Crippen LogP contribution < -0.4 is 15.0 Å². The van der Waals surface area contributed by atoms with Crippen LogP contribution in [0.4, 0.5) is 11.4 Å². The van der Waals surface area contributed by atoms with Crippen molar-refractivity contribution >= 4 is 34.7 Å². The molecule has 0 saturated carbocycles. The van der Waals surface area contributed by atoms with Crippen molar-refractivity contribution in [2.24, 2.45) is 0 Å². The molecule has 0 bridgehead atoms. The zero-order valence-electron chi connectivity index (χ0n) is 18.7. The Bertz CT molecular complexity index is 1290. The number of Topliss-reactive ketones (excluding diaryl/α,β-unsaturated/α-hetero) is 1. The lowest BCUT2D eigenvalue weighted by atomic mass is 9.95. The van der Waals surface area contributed by atoms with Gasteiger partial charge in [0.2, 0.25) is 5.91 Å². The van der Waals surface area contributed by atoms with E-state index in [-0.39, 0.29) is 17.2 Å². The number of nitrogens with zero attached hydrogens (tertiary/aromatic N) is 2. The van der Waals surface area contributed by atoms with E-state index in [4.69, 9.17) is 4.74 Å². The molecule has 2 N–H and O–H groups in total. The Balaban J connectivity index is 1.89. The molecular formula is C26H23N3O5. The Hall–Kier alpha value is -4.46. The molecule has 8 heteroatoms. The van der Waals surface area contributed by atoms with Gasteiger partial charge in [-0.1, -0.05) is 18.2 Å². The molecule has 172 valence electrons. The van der Waals surface area contributed by atoms with Crippen molar-refractivity contribution in [3.05, 3.63) is 89.8 Å². The first-order valence-electron chi connectivity index (χ1n) is 10.7. The second kappa shape index (κ2) is 9.58. The van der Waals surface area contributed by atoms with Crippen molar-refractivity contribution in [1.82, 2.24) is 4.98 Å². The molecular weight excluding hydrogens is 434 g/mol. The Morgan fingerprint density at radius 3 is 2.53 bits per heavy atom. The lowest BCUT2D eigenvalue weighted by Gasteiger charge is -2.25. The van der Waals surface area contributed by atoms with Crippen LogP contribution in [0.1, 0.15) is 31.0 Å². The minimum atomic E-state index is -0.897. The van der Waals surface area contributed by atoms with Gasteiger partial charge < -0.3 is 15.2 Å². The van der Waals surface area contributed by atoms with Crippen LogP contribution in [0.15, 0.2) is 78.6 Å². The fourth-order valence-electron chi connectivity index (χ4n) is 3.95. The van der Waals surface area contributed by atoms with Crippen molar-refractivity contribution in [1.29, 1.82) is 0 Å². The first-order valence-corrected chi connectivity index (χ1v) is 10.7. The maximum atomic E-state index is 13.2. The number of aliphatic hydroxyl groups excluding tert-OH is 1. The number of hydrogen-bond donors (Lipinski definition) is 2. The average Bonchev–Trinajstić information content (AvgIpc) is 3.10. The molecule has 2 amide bonds. The molecule has 0 aliphatic carbocycles. The van der Waals surface area contributed by atoms with E-state index in [2.05, 4.69) is 10.3 Å². The van der Waals surface area contributed by atoms with Crippen LogP contribution in [0.3, 0.4) is 0 Å². The lowest BCUT2D eigenvalue weighted by molar-refractivity contribution is -0.132. The van der Waals surface area contributed by atoms with Crippen molar-refractivity contribution in [3.63, 3.8) is 0 Å². The summed E-state index contributed by atoms with van der Waals surface area (Å²) in [5.74, 6) is -1.64. The highest BCUT2D eigenvalue weighted by Crippen LogP contribution is 2.42. The Labute approximate surface area is 196 Å². The maximum Gasteiger partial charge on any atom is 0.300 e. The average molecular weight is 457 g/mol. The van der Waals surface area contributed by atoms with Crippen molar-refractivity contribution < 1.29 is 24.2 Å². The predicted molar refractivity (Wildman–Crippen MR) is 127 cm³/mol. The number of aromatic nitrogens is 1. The SMILES string of the molecule is CCOc1cccc(/C(O)=C2\C(=O)C(=O)N(c3cccc(NC(C)=O)c3)C2c2ccncc2)c1. The van der Waals surface area contributed by atoms with Crippen LogP contribution in [0.5, 0.6) is 5.75 Å². The number of hydrogen-bond acceptors (Lipinski definition) is 6. The van der Waals surface area contributed by atoms with Crippen LogP contribution in [0.2, 0.25) is 0 Å². The monoisotopic (exact) mass is 457 g/mol. The highest BCUT2D eigenvalue weighted by Gasteiger charge is 2.47. The molecule has 1 aliphatic rings. The number of rotatable bonds is 6. The first kappa shape index (κ1) is 22.7. The van der Waals surface area contributed by atoms with E-state index in [1.807, 2.05) is 6.92 Å². The fourth-order valence-corrected chi connectivity index (χ4v) is 3.95.